The lowest BCUT2D eigenvalue weighted by molar-refractivity contribution is 0.0498. The van der Waals surface area contributed by atoms with Crippen molar-refractivity contribution in [2.45, 2.75) is 31.9 Å². The Morgan fingerprint density at radius 1 is 1.23 bits per heavy atom. The lowest BCUT2D eigenvalue weighted by Gasteiger charge is -2.35. The van der Waals surface area contributed by atoms with Crippen molar-refractivity contribution in [1.29, 1.82) is 0 Å². The van der Waals surface area contributed by atoms with Crippen molar-refractivity contribution in [1.82, 2.24) is 14.9 Å². The summed E-state index contributed by atoms with van der Waals surface area (Å²) in [7, 11) is 3.99. The van der Waals surface area contributed by atoms with Gasteiger partial charge in [-0.1, -0.05) is 23.7 Å². The third-order valence-corrected chi connectivity index (χ3v) is 5.73. The van der Waals surface area contributed by atoms with E-state index >= 15 is 0 Å². The second-order valence-corrected chi connectivity index (χ2v) is 8.13. The Kier molecular flexibility index (Phi) is 4.63. The third kappa shape index (κ3) is 3.20. The first-order valence-electron chi connectivity index (χ1n) is 9.07. The molecule has 2 aliphatic heterocycles. The molecule has 1 saturated heterocycles. The maximum Gasteiger partial charge on any atom is 0.225 e. The summed E-state index contributed by atoms with van der Waals surface area (Å²) in [5, 5.41) is 0.782. The second-order valence-electron chi connectivity index (χ2n) is 7.69. The van der Waals surface area contributed by atoms with E-state index in [2.05, 4.69) is 28.9 Å². The summed E-state index contributed by atoms with van der Waals surface area (Å²) in [6, 6.07) is 8.13. The lowest BCUT2D eigenvalue weighted by atomic mass is 9.80. The minimum Gasteiger partial charge on any atom is -0.376 e. The van der Waals surface area contributed by atoms with Crippen molar-refractivity contribution >= 4 is 17.5 Å². The molecule has 138 valence electrons. The second kappa shape index (κ2) is 6.80. The van der Waals surface area contributed by atoms with Crippen molar-refractivity contribution in [3.63, 3.8) is 0 Å². The Balaban J connectivity index is 1.61. The summed E-state index contributed by atoms with van der Waals surface area (Å²) in [5.74, 6) is 0.790. The van der Waals surface area contributed by atoms with Crippen LogP contribution in [0.5, 0.6) is 0 Å². The Hall–Kier alpha value is -1.69. The normalized spacial score (nSPS) is 22.6. The Morgan fingerprint density at radius 3 is 2.73 bits per heavy atom. The van der Waals surface area contributed by atoms with E-state index in [1.165, 1.54) is 16.8 Å². The molecule has 0 radical (unpaired) electrons. The molecule has 1 aromatic carbocycles. The molecule has 5 nitrogen and oxygen atoms in total. The van der Waals surface area contributed by atoms with Crippen LogP contribution in [0.3, 0.4) is 0 Å². The fourth-order valence-corrected chi connectivity index (χ4v) is 4.19. The van der Waals surface area contributed by atoms with Gasteiger partial charge in [0, 0.05) is 43.5 Å². The van der Waals surface area contributed by atoms with Crippen LogP contribution in [0.2, 0.25) is 5.02 Å². The zero-order valence-corrected chi connectivity index (χ0v) is 16.4. The number of benzene rings is 1. The van der Waals surface area contributed by atoms with Gasteiger partial charge in [-0.2, -0.15) is 0 Å². The average molecular weight is 373 g/mol. The summed E-state index contributed by atoms with van der Waals surface area (Å²) in [4.78, 5) is 14.1. The number of nitrogens with zero attached hydrogens (tertiary/aromatic N) is 4. The highest BCUT2D eigenvalue weighted by molar-refractivity contribution is 6.30. The summed E-state index contributed by atoms with van der Waals surface area (Å²) >= 11 is 6.01. The van der Waals surface area contributed by atoms with Gasteiger partial charge in [0.25, 0.3) is 0 Å². The van der Waals surface area contributed by atoms with Crippen molar-refractivity contribution in [2.75, 3.05) is 38.7 Å². The minimum absolute atomic E-state index is 0.0293. The summed E-state index contributed by atoms with van der Waals surface area (Å²) in [5.41, 5.74) is 4.66. The summed E-state index contributed by atoms with van der Waals surface area (Å²) < 4.78 is 5.99. The van der Waals surface area contributed by atoms with E-state index in [4.69, 9.17) is 21.3 Å². The molecular formula is C20H25ClN4O. The smallest absolute Gasteiger partial charge is 0.225 e. The maximum atomic E-state index is 6.01. The number of aromatic nitrogens is 2. The molecule has 26 heavy (non-hydrogen) atoms. The highest BCUT2D eigenvalue weighted by atomic mass is 35.5. The van der Waals surface area contributed by atoms with E-state index in [0.717, 1.165) is 49.3 Å². The van der Waals surface area contributed by atoms with Crippen LogP contribution in [0.25, 0.3) is 0 Å². The molecule has 1 spiro atoms. The zero-order valence-electron chi connectivity index (χ0n) is 15.6. The van der Waals surface area contributed by atoms with Gasteiger partial charge >= 0.3 is 0 Å². The van der Waals surface area contributed by atoms with Gasteiger partial charge in [0.2, 0.25) is 5.95 Å². The first-order chi connectivity index (χ1) is 12.5. The van der Waals surface area contributed by atoms with Crippen LogP contribution in [0.1, 0.15) is 28.9 Å². The van der Waals surface area contributed by atoms with Crippen LogP contribution in [0.4, 0.5) is 5.95 Å². The van der Waals surface area contributed by atoms with E-state index < -0.39 is 0 Å². The Labute approximate surface area is 160 Å². The van der Waals surface area contributed by atoms with Gasteiger partial charge < -0.3 is 9.64 Å². The standard InChI is InChI=1S/C20H25ClN4O/c1-14-17-11-26-13-20(18(17)23-19(22-14)24(2)3)8-9-25(12-20)10-15-4-6-16(21)7-5-15/h4-7H,8-13H2,1-3H3/t20-/m0/s1. The fraction of sp³-hybridized carbons (Fsp3) is 0.500. The van der Waals surface area contributed by atoms with Gasteiger partial charge in [0.1, 0.15) is 0 Å². The summed E-state index contributed by atoms with van der Waals surface area (Å²) in [6.07, 6.45) is 1.07. The van der Waals surface area contributed by atoms with Crippen molar-refractivity contribution in [3.8, 4) is 0 Å². The number of fused-ring (bicyclic) bond motifs is 2. The van der Waals surface area contributed by atoms with Gasteiger partial charge in [-0.05, 0) is 37.6 Å². The SMILES string of the molecule is Cc1nc(N(C)C)nc2c1COC[C@@]21CCN(Cc2ccc(Cl)cc2)C1. The zero-order chi connectivity index (χ0) is 18.3. The molecule has 1 aromatic heterocycles. The van der Waals surface area contributed by atoms with Gasteiger partial charge in [0.15, 0.2) is 0 Å². The van der Waals surface area contributed by atoms with E-state index in [9.17, 15) is 0 Å². The quantitative estimate of drug-likeness (QED) is 0.827. The molecule has 3 heterocycles. The monoisotopic (exact) mass is 372 g/mol. The number of hydrogen-bond acceptors (Lipinski definition) is 5. The molecule has 0 unspecified atom stereocenters. The van der Waals surface area contributed by atoms with Crippen LogP contribution in [0.15, 0.2) is 24.3 Å². The number of ether oxygens (including phenoxy) is 1. The topological polar surface area (TPSA) is 41.5 Å². The predicted octanol–water partition coefficient (Wildman–Crippen LogP) is 3.18. The number of aryl methyl sites for hydroxylation is 1. The molecule has 0 amide bonds. The fourth-order valence-electron chi connectivity index (χ4n) is 4.06. The Morgan fingerprint density at radius 2 is 2.00 bits per heavy atom. The van der Waals surface area contributed by atoms with Crippen LogP contribution in [-0.4, -0.2) is 48.7 Å². The molecule has 0 saturated carbocycles. The van der Waals surface area contributed by atoms with Gasteiger partial charge in [-0.15, -0.1) is 0 Å². The van der Waals surface area contributed by atoms with Crippen molar-refractivity contribution in [2.24, 2.45) is 0 Å². The molecule has 0 N–H and O–H groups in total. The van der Waals surface area contributed by atoms with Gasteiger partial charge in [0.05, 0.1) is 24.3 Å². The molecule has 0 aliphatic carbocycles. The maximum absolute atomic E-state index is 6.01. The van der Waals surface area contributed by atoms with Crippen LogP contribution in [-0.2, 0) is 23.3 Å². The molecule has 1 fully saturated rings. The highest BCUT2D eigenvalue weighted by Crippen LogP contribution is 2.40. The number of halogens is 1. The van der Waals surface area contributed by atoms with Crippen LogP contribution in [0, 0.1) is 6.92 Å². The van der Waals surface area contributed by atoms with Crippen LogP contribution >= 0.6 is 11.6 Å². The highest BCUT2D eigenvalue weighted by Gasteiger charge is 2.45. The number of anilines is 1. The molecule has 2 aliphatic rings. The number of rotatable bonds is 3. The van der Waals surface area contributed by atoms with Gasteiger partial charge in [-0.3, -0.25) is 4.90 Å². The van der Waals surface area contributed by atoms with Crippen LogP contribution < -0.4 is 4.90 Å². The molecule has 4 rings (SSSR count). The van der Waals surface area contributed by atoms with E-state index in [0.29, 0.717) is 6.61 Å². The first kappa shape index (κ1) is 17.7. The molecule has 6 heteroatoms. The molecule has 0 bridgehead atoms. The third-order valence-electron chi connectivity index (χ3n) is 5.48. The van der Waals surface area contributed by atoms with Crippen molar-refractivity contribution < 1.29 is 4.74 Å². The Bertz CT molecular complexity index is 808. The lowest BCUT2D eigenvalue weighted by Crippen LogP contribution is -2.41. The summed E-state index contributed by atoms with van der Waals surface area (Å²) in [6.45, 7) is 6.36. The molecular weight excluding hydrogens is 348 g/mol. The molecule has 2 aromatic rings. The minimum atomic E-state index is -0.0293. The van der Waals surface area contributed by atoms with E-state index in [1.807, 2.05) is 31.1 Å². The average Bonchev–Trinajstić information content (AvgIpc) is 3.01. The first-order valence-corrected chi connectivity index (χ1v) is 9.44. The molecule has 1 atom stereocenters. The number of hydrogen-bond donors (Lipinski definition) is 0. The van der Waals surface area contributed by atoms with E-state index in [-0.39, 0.29) is 5.41 Å². The predicted molar refractivity (Wildman–Crippen MR) is 104 cm³/mol. The van der Waals surface area contributed by atoms with E-state index in [1.54, 1.807) is 0 Å². The largest absolute Gasteiger partial charge is 0.376 e. The van der Waals surface area contributed by atoms with Crippen molar-refractivity contribution in [3.05, 3.63) is 51.8 Å². The van der Waals surface area contributed by atoms with Gasteiger partial charge in [-0.25, -0.2) is 9.97 Å². The number of likely N-dealkylation sites (tertiary alicyclic amines) is 1.